The van der Waals surface area contributed by atoms with E-state index in [-0.39, 0.29) is 5.41 Å². The fourth-order valence-electron chi connectivity index (χ4n) is 4.01. The molecule has 23 heavy (non-hydrogen) atoms. The summed E-state index contributed by atoms with van der Waals surface area (Å²) in [5.74, 6) is 0. The average Bonchev–Trinajstić information content (AvgIpc) is 3.15. The van der Waals surface area contributed by atoms with E-state index in [0.717, 1.165) is 23.0 Å². The van der Waals surface area contributed by atoms with Gasteiger partial charge in [-0.15, -0.1) is 0 Å². The van der Waals surface area contributed by atoms with Crippen molar-refractivity contribution in [1.82, 2.24) is 0 Å². The van der Waals surface area contributed by atoms with Gasteiger partial charge in [0.05, 0.1) is 10.6 Å². The zero-order chi connectivity index (χ0) is 16.1. The SMILES string of the molecule is O=S(=O)(c1ccc(Br)cc1)N1CC2(CCCC2)c2ccccc21. The van der Waals surface area contributed by atoms with Crippen LogP contribution in [0.1, 0.15) is 31.2 Å². The van der Waals surface area contributed by atoms with Gasteiger partial charge in [-0.25, -0.2) is 8.42 Å². The molecule has 2 aromatic rings. The van der Waals surface area contributed by atoms with E-state index in [1.165, 1.54) is 18.4 Å². The first-order chi connectivity index (χ1) is 11.0. The van der Waals surface area contributed by atoms with Gasteiger partial charge < -0.3 is 0 Å². The van der Waals surface area contributed by atoms with Crippen LogP contribution in [0.25, 0.3) is 0 Å². The Labute approximate surface area is 145 Å². The fraction of sp³-hybridized carbons (Fsp3) is 0.333. The summed E-state index contributed by atoms with van der Waals surface area (Å²) in [6, 6.07) is 14.9. The Morgan fingerprint density at radius 3 is 2.30 bits per heavy atom. The first-order valence-corrected chi connectivity index (χ1v) is 10.1. The predicted molar refractivity (Wildman–Crippen MR) is 95.3 cm³/mol. The van der Waals surface area contributed by atoms with E-state index in [1.54, 1.807) is 28.6 Å². The van der Waals surface area contributed by atoms with E-state index in [1.807, 2.05) is 18.2 Å². The number of nitrogens with zero attached hydrogens (tertiary/aromatic N) is 1. The molecule has 1 saturated carbocycles. The second-order valence-corrected chi connectivity index (χ2v) is 9.25. The van der Waals surface area contributed by atoms with Gasteiger partial charge in [-0.2, -0.15) is 0 Å². The number of halogens is 1. The molecule has 0 radical (unpaired) electrons. The van der Waals surface area contributed by atoms with Crippen molar-refractivity contribution in [3.8, 4) is 0 Å². The first-order valence-electron chi connectivity index (χ1n) is 7.91. The second kappa shape index (κ2) is 5.35. The van der Waals surface area contributed by atoms with Crippen molar-refractivity contribution >= 4 is 31.6 Å². The van der Waals surface area contributed by atoms with Crippen LogP contribution < -0.4 is 4.31 Å². The molecule has 1 fully saturated rings. The maximum Gasteiger partial charge on any atom is 0.264 e. The molecule has 1 spiro atoms. The van der Waals surface area contributed by atoms with Crippen molar-refractivity contribution < 1.29 is 8.42 Å². The quantitative estimate of drug-likeness (QED) is 0.756. The Bertz CT molecular complexity index is 840. The van der Waals surface area contributed by atoms with E-state index in [9.17, 15) is 8.42 Å². The fourth-order valence-corrected chi connectivity index (χ4v) is 5.85. The van der Waals surface area contributed by atoms with Crippen molar-refractivity contribution in [2.24, 2.45) is 0 Å². The highest BCUT2D eigenvalue weighted by Crippen LogP contribution is 2.51. The van der Waals surface area contributed by atoms with Gasteiger partial charge in [-0.3, -0.25) is 4.31 Å². The minimum Gasteiger partial charge on any atom is -0.265 e. The average molecular weight is 392 g/mol. The molecule has 0 unspecified atom stereocenters. The Morgan fingerprint density at radius 1 is 0.957 bits per heavy atom. The molecule has 2 aliphatic rings. The molecule has 1 aliphatic carbocycles. The number of anilines is 1. The summed E-state index contributed by atoms with van der Waals surface area (Å²) < 4.78 is 28.8. The van der Waals surface area contributed by atoms with Crippen molar-refractivity contribution in [3.63, 3.8) is 0 Å². The van der Waals surface area contributed by atoms with E-state index < -0.39 is 10.0 Å². The van der Waals surface area contributed by atoms with Crippen molar-refractivity contribution in [2.75, 3.05) is 10.8 Å². The predicted octanol–water partition coefficient (Wildman–Crippen LogP) is 4.47. The van der Waals surface area contributed by atoms with E-state index >= 15 is 0 Å². The summed E-state index contributed by atoms with van der Waals surface area (Å²) in [7, 11) is -3.52. The van der Waals surface area contributed by atoms with Crippen LogP contribution >= 0.6 is 15.9 Å². The molecule has 0 atom stereocenters. The Morgan fingerprint density at radius 2 is 1.61 bits per heavy atom. The highest BCUT2D eigenvalue weighted by atomic mass is 79.9. The molecule has 0 bridgehead atoms. The zero-order valence-electron chi connectivity index (χ0n) is 12.7. The van der Waals surface area contributed by atoms with Crippen LogP contribution in [0.4, 0.5) is 5.69 Å². The van der Waals surface area contributed by atoms with E-state index in [2.05, 4.69) is 22.0 Å². The molecule has 3 nitrogen and oxygen atoms in total. The molecule has 0 amide bonds. The van der Waals surface area contributed by atoms with Crippen LogP contribution in [-0.4, -0.2) is 15.0 Å². The largest absolute Gasteiger partial charge is 0.265 e. The molecule has 2 aromatic carbocycles. The minimum absolute atomic E-state index is 0.0129. The van der Waals surface area contributed by atoms with Gasteiger partial charge in [0.25, 0.3) is 10.0 Å². The van der Waals surface area contributed by atoms with Crippen LogP contribution in [0.2, 0.25) is 0 Å². The van der Waals surface area contributed by atoms with Gasteiger partial charge >= 0.3 is 0 Å². The maximum absolute atomic E-state index is 13.2. The number of hydrogen-bond donors (Lipinski definition) is 0. The van der Waals surface area contributed by atoms with Crippen LogP contribution in [-0.2, 0) is 15.4 Å². The molecule has 0 aromatic heterocycles. The highest BCUT2D eigenvalue weighted by Gasteiger charge is 2.47. The maximum atomic E-state index is 13.2. The molecule has 5 heteroatoms. The third kappa shape index (κ3) is 2.32. The number of fused-ring (bicyclic) bond motifs is 2. The van der Waals surface area contributed by atoms with Gasteiger partial charge in [0.15, 0.2) is 0 Å². The Kier molecular flexibility index (Phi) is 3.54. The molecule has 120 valence electrons. The lowest BCUT2D eigenvalue weighted by molar-refractivity contribution is 0.477. The topological polar surface area (TPSA) is 37.4 Å². The molecular weight excluding hydrogens is 374 g/mol. The third-order valence-electron chi connectivity index (χ3n) is 5.15. The standard InChI is InChI=1S/C18H18BrNO2S/c19-14-7-9-15(10-8-14)23(21,22)20-13-18(11-3-4-12-18)16-5-1-2-6-17(16)20/h1-2,5-10H,3-4,11-13H2. The van der Waals surface area contributed by atoms with Gasteiger partial charge in [-0.05, 0) is 48.7 Å². The van der Waals surface area contributed by atoms with Crippen LogP contribution in [0.5, 0.6) is 0 Å². The van der Waals surface area contributed by atoms with Gasteiger partial charge in [0.2, 0.25) is 0 Å². The van der Waals surface area contributed by atoms with E-state index in [0.29, 0.717) is 11.4 Å². The smallest absolute Gasteiger partial charge is 0.264 e. The second-order valence-electron chi connectivity index (χ2n) is 6.47. The Balaban J connectivity index is 1.82. The van der Waals surface area contributed by atoms with Crippen LogP contribution in [0.15, 0.2) is 57.9 Å². The number of rotatable bonds is 2. The minimum atomic E-state index is -3.52. The summed E-state index contributed by atoms with van der Waals surface area (Å²) in [5.41, 5.74) is 2.08. The molecule has 0 saturated heterocycles. The lowest BCUT2D eigenvalue weighted by atomic mass is 9.81. The Hall–Kier alpha value is -1.33. The van der Waals surface area contributed by atoms with Crippen LogP contribution in [0, 0.1) is 0 Å². The summed E-state index contributed by atoms with van der Waals surface area (Å²) in [6.45, 7) is 0.574. The number of sulfonamides is 1. The zero-order valence-corrected chi connectivity index (χ0v) is 15.1. The summed E-state index contributed by atoms with van der Waals surface area (Å²) >= 11 is 3.36. The van der Waals surface area contributed by atoms with Gasteiger partial charge in [0, 0.05) is 16.4 Å². The first kappa shape index (κ1) is 15.2. The number of benzene rings is 2. The molecule has 1 heterocycles. The van der Waals surface area contributed by atoms with Gasteiger partial charge in [0.1, 0.15) is 0 Å². The summed E-state index contributed by atoms with van der Waals surface area (Å²) in [5, 5.41) is 0. The lowest BCUT2D eigenvalue weighted by Gasteiger charge is -2.25. The van der Waals surface area contributed by atoms with Crippen molar-refractivity contribution in [3.05, 3.63) is 58.6 Å². The summed E-state index contributed by atoms with van der Waals surface area (Å²) in [4.78, 5) is 0.352. The van der Waals surface area contributed by atoms with Crippen LogP contribution in [0.3, 0.4) is 0 Å². The van der Waals surface area contributed by atoms with Crippen molar-refractivity contribution in [1.29, 1.82) is 0 Å². The third-order valence-corrected chi connectivity index (χ3v) is 7.46. The van der Waals surface area contributed by atoms with Gasteiger partial charge in [-0.1, -0.05) is 47.0 Å². The molecule has 1 aliphatic heterocycles. The summed E-state index contributed by atoms with van der Waals surface area (Å²) in [6.07, 6.45) is 4.52. The normalized spacial score (nSPS) is 19.3. The van der Waals surface area contributed by atoms with E-state index in [4.69, 9.17) is 0 Å². The van der Waals surface area contributed by atoms with Crippen molar-refractivity contribution in [2.45, 2.75) is 36.0 Å². The molecule has 0 N–H and O–H groups in total. The number of para-hydroxylation sites is 1. The molecule has 4 rings (SSSR count). The molecular formula is C18H18BrNO2S. The number of hydrogen-bond acceptors (Lipinski definition) is 2. The monoisotopic (exact) mass is 391 g/mol. The highest BCUT2D eigenvalue weighted by molar-refractivity contribution is 9.10. The lowest BCUT2D eigenvalue weighted by Crippen LogP contribution is -2.35.